The van der Waals surface area contributed by atoms with Crippen molar-refractivity contribution in [2.45, 2.75) is 58.2 Å². The molecule has 1 saturated heterocycles. The summed E-state index contributed by atoms with van der Waals surface area (Å²) in [6.45, 7) is 9.84. The molecule has 1 fully saturated rings. The number of alkyl halides is 1. The first-order valence-electron chi connectivity index (χ1n) is 9.28. The van der Waals surface area contributed by atoms with Gasteiger partial charge in [0.25, 0.3) is 0 Å². The number of piperidine rings is 1. The predicted molar refractivity (Wildman–Crippen MR) is 111 cm³/mol. The van der Waals surface area contributed by atoms with Crippen LogP contribution in [0, 0.1) is 0 Å². The Bertz CT molecular complexity index is 813. The molecule has 1 N–H and O–H groups in total. The zero-order valence-electron chi connectivity index (χ0n) is 16.5. The second-order valence-electron chi connectivity index (χ2n) is 7.28. The molecule has 156 valence electrons. The topological polar surface area (TPSA) is 88.6 Å². The van der Waals surface area contributed by atoms with Crippen LogP contribution < -0.4 is 4.72 Å². The summed E-state index contributed by atoms with van der Waals surface area (Å²) in [7, 11) is -3.64. The van der Waals surface area contributed by atoms with E-state index in [4.69, 9.17) is 16.3 Å². The molecule has 0 radical (unpaired) electrons. The third-order valence-corrected chi connectivity index (χ3v) is 6.30. The van der Waals surface area contributed by atoms with E-state index < -0.39 is 33.4 Å². The fraction of sp³-hybridized carbons (Fsp3) is 0.579. The molecule has 1 aromatic rings. The standard InChI is InChI=1S/C19H28ClN3O4S/c1-13(2)16-8-5-7-15(21-16)11-18-17(22-28(25,26)12-20)9-6-10-23(18)19(24)27-14(3)4/h5,7-8,14,17-18,22H,1,6,9-12H2,2-4H3/t17-,18-/m1/s1. The average molecular weight is 430 g/mol. The van der Waals surface area contributed by atoms with Crippen LogP contribution in [0.1, 0.15) is 45.0 Å². The van der Waals surface area contributed by atoms with Gasteiger partial charge < -0.3 is 9.64 Å². The molecule has 1 aromatic heterocycles. The molecule has 1 aliphatic rings. The maximum atomic E-state index is 12.6. The van der Waals surface area contributed by atoms with Crippen LogP contribution >= 0.6 is 11.6 Å². The van der Waals surface area contributed by atoms with Gasteiger partial charge in [-0.3, -0.25) is 4.98 Å². The molecule has 0 saturated carbocycles. The normalized spacial score (nSPS) is 20.2. The number of ether oxygens (including phenoxy) is 1. The van der Waals surface area contributed by atoms with Crippen molar-refractivity contribution in [1.82, 2.24) is 14.6 Å². The minimum atomic E-state index is -3.64. The lowest BCUT2D eigenvalue weighted by Crippen LogP contribution is -2.58. The zero-order valence-corrected chi connectivity index (χ0v) is 18.1. The van der Waals surface area contributed by atoms with Crippen LogP contribution in [0.15, 0.2) is 24.8 Å². The Hall–Kier alpha value is -1.64. The number of rotatable bonds is 7. The Morgan fingerprint density at radius 1 is 1.46 bits per heavy atom. The van der Waals surface area contributed by atoms with E-state index in [2.05, 4.69) is 16.3 Å². The van der Waals surface area contributed by atoms with E-state index in [0.717, 1.165) is 17.0 Å². The van der Waals surface area contributed by atoms with Crippen molar-refractivity contribution in [2.24, 2.45) is 0 Å². The lowest BCUT2D eigenvalue weighted by Gasteiger charge is -2.41. The number of hydrogen-bond donors (Lipinski definition) is 1. The molecule has 9 heteroatoms. The Morgan fingerprint density at radius 3 is 2.79 bits per heavy atom. The van der Waals surface area contributed by atoms with E-state index in [9.17, 15) is 13.2 Å². The molecule has 7 nitrogen and oxygen atoms in total. The van der Waals surface area contributed by atoms with Crippen LogP contribution in [0.25, 0.3) is 5.57 Å². The fourth-order valence-electron chi connectivity index (χ4n) is 3.25. The minimum Gasteiger partial charge on any atom is -0.447 e. The summed E-state index contributed by atoms with van der Waals surface area (Å²) in [5, 5.41) is -0.532. The van der Waals surface area contributed by atoms with Gasteiger partial charge in [0.2, 0.25) is 10.0 Å². The third kappa shape index (κ3) is 6.18. The van der Waals surface area contributed by atoms with Crippen LogP contribution in [-0.2, 0) is 21.2 Å². The molecule has 0 bridgehead atoms. The molecular weight excluding hydrogens is 402 g/mol. The number of carbonyl (C=O) groups is 1. The lowest BCUT2D eigenvalue weighted by atomic mass is 9.93. The summed E-state index contributed by atoms with van der Waals surface area (Å²) in [6, 6.07) is 4.72. The molecule has 0 spiro atoms. The number of likely N-dealkylation sites (tertiary alicyclic amines) is 1. The van der Waals surface area contributed by atoms with E-state index >= 15 is 0 Å². The van der Waals surface area contributed by atoms with Crippen molar-refractivity contribution in [3.63, 3.8) is 0 Å². The van der Waals surface area contributed by atoms with Gasteiger partial charge in [0.15, 0.2) is 0 Å². The van der Waals surface area contributed by atoms with Gasteiger partial charge in [-0.05, 0) is 51.3 Å². The molecule has 28 heavy (non-hydrogen) atoms. The van der Waals surface area contributed by atoms with Crippen molar-refractivity contribution in [2.75, 3.05) is 11.8 Å². The highest BCUT2D eigenvalue weighted by Gasteiger charge is 2.37. The first kappa shape index (κ1) is 22.6. The highest BCUT2D eigenvalue weighted by molar-refractivity contribution is 7.90. The minimum absolute atomic E-state index is 0.266. The SMILES string of the molecule is C=C(C)c1cccc(C[C@@H]2[C@H](NS(=O)(=O)CCl)CCCN2C(=O)OC(C)C)n1. The number of aromatic nitrogens is 1. The second kappa shape index (κ2) is 9.71. The molecule has 2 heterocycles. The van der Waals surface area contributed by atoms with Crippen LogP contribution in [0.5, 0.6) is 0 Å². The lowest BCUT2D eigenvalue weighted by molar-refractivity contribution is 0.0459. The summed E-state index contributed by atoms with van der Waals surface area (Å²) in [5.41, 5.74) is 2.35. The van der Waals surface area contributed by atoms with Gasteiger partial charge in [-0.25, -0.2) is 17.9 Å². The number of hydrogen-bond acceptors (Lipinski definition) is 5. The monoisotopic (exact) mass is 429 g/mol. The molecule has 1 aliphatic heterocycles. The van der Waals surface area contributed by atoms with Gasteiger partial charge in [0, 0.05) is 24.7 Å². The third-order valence-electron chi connectivity index (χ3n) is 4.49. The van der Waals surface area contributed by atoms with E-state index in [1.54, 1.807) is 18.7 Å². The summed E-state index contributed by atoms with van der Waals surface area (Å²) in [5.74, 6) is 0. The summed E-state index contributed by atoms with van der Waals surface area (Å²) in [4.78, 5) is 18.8. The maximum Gasteiger partial charge on any atom is 0.410 e. The Morgan fingerprint density at radius 2 is 2.18 bits per heavy atom. The second-order valence-corrected chi connectivity index (χ2v) is 9.62. The molecule has 0 aliphatic carbocycles. The number of allylic oxidation sites excluding steroid dienone is 1. The van der Waals surface area contributed by atoms with E-state index in [1.807, 2.05) is 25.1 Å². The number of pyridine rings is 1. The number of sulfonamides is 1. The largest absolute Gasteiger partial charge is 0.447 e. The average Bonchev–Trinajstić information content (AvgIpc) is 2.62. The number of halogens is 1. The maximum absolute atomic E-state index is 12.6. The van der Waals surface area contributed by atoms with Crippen LogP contribution in [0.3, 0.4) is 0 Å². The van der Waals surface area contributed by atoms with Gasteiger partial charge in [0.05, 0.1) is 17.8 Å². The molecule has 0 unspecified atom stereocenters. The van der Waals surface area contributed by atoms with Gasteiger partial charge in [-0.1, -0.05) is 12.6 Å². The highest BCUT2D eigenvalue weighted by Crippen LogP contribution is 2.24. The van der Waals surface area contributed by atoms with Gasteiger partial charge in [-0.2, -0.15) is 0 Å². The molecule has 1 amide bonds. The van der Waals surface area contributed by atoms with E-state index in [1.165, 1.54) is 0 Å². The predicted octanol–water partition coefficient (Wildman–Crippen LogP) is 3.15. The van der Waals surface area contributed by atoms with Crippen molar-refractivity contribution in [3.05, 3.63) is 36.2 Å². The smallest absolute Gasteiger partial charge is 0.410 e. The quantitative estimate of drug-likeness (QED) is 0.672. The van der Waals surface area contributed by atoms with Gasteiger partial charge in [0.1, 0.15) is 5.21 Å². The van der Waals surface area contributed by atoms with Crippen LogP contribution in [-0.4, -0.2) is 54.3 Å². The fourth-order valence-corrected chi connectivity index (χ4v) is 4.24. The van der Waals surface area contributed by atoms with Crippen molar-refractivity contribution in [1.29, 1.82) is 0 Å². The summed E-state index contributed by atoms with van der Waals surface area (Å²) >= 11 is 5.57. The highest BCUT2D eigenvalue weighted by atomic mass is 35.5. The summed E-state index contributed by atoms with van der Waals surface area (Å²) < 4.78 is 32.1. The molecular formula is C19H28ClN3O4S. The Labute approximate surface area is 172 Å². The molecule has 2 atom stereocenters. The Kier molecular flexibility index (Phi) is 7.86. The van der Waals surface area contributed by atoms with Crippen molar-refractivity contribution >= 4 is 33.3 Å². The van der Waals surface area contributed by atoms with Crippen LogP contribution in [0.2, 0.25) is 0 Å². The number of nitrogens with zero attached hydrogens (tertiary/aromatic N) is 2. The number of nitrogens with one attached hydrogen (secondary N) is 1. The summed E-state index contributed by atoms with van der Waals surface area (Å²) in [6.07, 6.45) is 0.943. The first-order chi connectivity index (χ1) is 13.1. The first-order valence-corrected chi connectivity index (χ1v) is 11.5. The van der Waals surface area contributed by atoms with Gasteiger partial charge >= 0.3 is 6.09 Å². The van der Waals surface area contributed by atoms with Gasteiger partial charge in [-0.15, -0.1) is 11.6 Å². The number of carbonyl (C=O) groups excluding carboxylic acids is 1. The van der Waals surface area contributed by atoms with E-state index in [0.29, 0.717) is 25.8 Å². The zero-order chi connectivity index (χ0) is 20.9. The molecule has 2 rings (SSSR count). The van der Waals surface area contributed by atoms with E-state index in [-0.39, 0.29) is 6.10 Å². The Balaban J connectivity index is 2.33. The van der Waals surface area contributed by atoms with Crippen LogP contribution in [0.4, 0.5) is 4.79 Å². The number of amides is 1. The van der Waals surface area contributed by atoms with Crippen molar-refractivity contribution < 1.29 is 17.9 Å². The van der Waals surface area contributed by atoms with Crippen molar-refractivity contribution in [3.8, 4) is 0 Å². The molecule has 0 aromatic carbocycles.